The number of hydrogen-bond acceptors (Lipinski definition) is 6. The molecule has 9 heteroatoms. The van der Waals surface area contributed by atoms with Crippen molar-refractivity contribution in [1.29, 1.82) is 0 Å². The molecule has 2 aromatic carbocycles. The average molecular weight is 433 g/mol. The Balaban J connectivity index is 1.31. The standard InChI is InChI=1S/C23H23N5O4/c1-23(2,3)19-13-20(28-32-19)26-22(30)25-15-10-8-14(9-11-15)24-21(29)12-17-16-6-4-5-7-18(16)31-27-17/h4-11,13H,12H2,1-3H3,(H,24,29)(H2,25,26,28,30). The summed E-state index contributed by atoms with van der Waals surface area (Å²) in [5.41, 5.74) is 2.17. The monoisotopic (exact) mass is 433 g/mol. The zero-order valence-electron chi connectivity index (χ0n) is 17.9. The van der Waals surface area contributed by atoms with Crippen LogP contribution in [-0.2, 0) is 16.6 Å². The molecule has 0 saturated carbocycles. The van der Waals surface area contributed by atoms with Gasteiger partial charge in [0.2, 0.25) is 5.91 Å². The summed E-state index contributed by atoms with van der Waals surface area (Å²) in [5, 5.41) is 16.8. The number of benzene rings is 2. The number of hydrogen-bond donors (Lipinski definition) is 3. The molecule has 2 aromatic heterocycles. The molecule has 4 aromatic rings. The second-order valence-electron chi connectivity index (χ2n) is 8.33. The molecule has 3 amide bonds. The van der Waals surface area contributed by atoms with Gasteiger partial charge in [-0.3, -0.25) is 10.1 Å². The van der Waals surface area contributed by atoms with E-state index in [9.17, 15) is 9.59 Å². The maximum atomic E-state index is 12.4. The van der Waals surface area contributed by atoms with Crippen LogP contribution >= 0.6 is 0 Å². The first-order chi connectivity index (χ1) is 15.3. The molecule has 0 aliphatic heterocycles. The predicted octanol–water partition coefficient (Wildman–Crippen LogP) is 4.94. The molecule has 0 atom stereocenters. The number of urea groups is 1. The largest absolute Gasteiger partial charge is 0.359 e. The average Bonchev–Trinajstić information content (AvgIpc) is 3.37. The van der Waals surface area contributed by atoms with Crippen LogP contribution in [0.15, 0.2) is 63.6 Å². The van der Waals surface area contributed by atoms with Crippen molar-refractivity contribution in [2.45, 2.75) is 32.6 Å². The fraction of sp³-hybridized carbons (Fsp3) is 0.217. The molecule has 0 saturated heterocycles. The van der Waals surface area contributed by atoms with E-state index in [0.29, 0.717) is 34.2 Å². The van der Waals surface area contributed by atoms with E-state index in [1.165, 1.54) is 0 Å². The van der Waals surface area contributed by atoms with E-state index in [1.807, 2.05) is 39.0 Å². The minimum absolute atomic E-state index is 0.0909. The van der Waals surface area contributed by atoms with Crippen molar-refractivity contribution in [2.24, 2.45) is 0 Å². The topological polar surface area (TPSA) is 122 Å². The molecule has 0 bridgehead atoms. The molecule has 0 spiro atoms. The fourth-order valence-corrected chi connectivity index (χ4v) is 3.03. The number of nitrogens with one attached hydrogen (secondary N) is 3. The first-order valence-electron chi connectivity index (χ1n) is 10.1. The lowest BCUT2D eigenvalue weighted by atomic mass is 9.93. The van der Waals surface area contributed by atoms with Gasteiger partial charge >= 0.3 is 6.03 Å². The Bertz CT molecular complexity index is 1250. The molecule has 0 unspecified atom stereocenters. The smallest absolute Gasteiger partial charge is 0.324 e. The van der Waals surface area contributed by atoms with Gasteiger partial charge < -0.3 is 19.7 Å². The number of nitrogens with zero attached hydrogens (tertiary/aromatic N) is 2. The van der Waals surface area contributed by atoms with Crippen LogP contribution in [-0.4, -0.2) is 22.3 Å². The fourth-order valence-electron chi connectivity index (χ4n) is 3.03. The Morgan fingerprint density at radius 2 is 1.56 bits per heavy atom. The number of aromatic nitrogens is 2. The maximum Gasteiger partial charge on any atom is 0.324 e. The van der Waals surface area contributed by atoms with Crippen molar-refractivity contribution in [3.05, 3.63) is 66.1 Å². The molecular formula is C23H23N5O4. The Labute approximate surface area is 184 Å². The lowest BCUT2D eigenvalue weighted by molar-refractivity contribution is -0.115. The molecule has 0 radical (unpaired) electrons. The summed E-state index contributed by atoms with van der Waals surface area (Å²) in [5.74, 6) is 0.784. The SMILES string of the molecule is CC(C)(C)c1cc(NC(=O)Nc2ccc(NC(=O)Cc3noc4ccccc34)cc2)no1. The van der Waals surface area contributed by atoms with E-state index in [2.05, 4.69) is 26.3 Å². The minimum Gasteiger partial charge on any atom is -0.359 e. The van der Waals surface area contributed by atoms with Gasteiger partial charge in [-0.2, -0.15) is 0 Å². The highest BCUT2D eigenvalue weighted by Crippen LogP contribution is 2.24. The second kappa shape index (κ2) is 8.54. The van der Waals surface area contributed by atoms with E-state index in [4.69, 9.17) is 9.05 Å². The summed E-state index contributed by atoms with van der Waals surface area (Å²) in [7, 11) is 0. The Morgan fingerprint density at radius 3 is 2.25 bits per heavy atom. The lowest BCUT2D eigenvalue weighted by Crippen LogP contribution is -2.19. The number of carbonyl (C=O) groups is 2. The van der Waals surface area contributed by atoms with Crippen molar-refractivity contribution < 1.29 is 18.6 Å². The molecule has 32 heavy (non-hydrogen) atoms. The van der Waals surface area contributed by atoms with Gasteiger partial charge in [-0.25, -0.2) is 4.79 Å². The number of rotatable bonds is 5. The number of amides is 3. The van der Waals surface area contributed by atoms with E-state index >= 15 is 0 Å². The quantitative estimate of drug-likeness (QED) is 0.410. The third-order valence-corrected chi connectivity index (χ3v) is 4.70. The molecule has 164 valence electrons. The molecule has 9 nitrogen and oxygen atoms in total. The summed E-state index contributed by atoms with van der Waals surface area (Å²) in [4.78, 5) is 24.6. The summed E-state index contributed by atoms with van der Waals surface area (Å²) in [6, 6.07) is 15.4. The zero-order chi connectivity index (χ0) is 22.7. The van der Waals surface area contributed by atoms with Gasteiger partial charge in [0.05, 0.1) is 6.42 Å². The van der Waals surface area contributed by atoms with E-state index in [0.717, 1.165) is 5.39 Å². The normalized spacial score (nSPS) is 11.3. The first-order valence-corrected chi connectivity index (χ1v) is 10.1. The first kappa shape index (κ1) is 21.1. The van der Waals surface area contributed by atoms with Gasteiger partial charge in [-0.1, -0.05) is 43.2 Å². The van der Waals surface area contributed by atoms with Crippen LogP contribution in [0.4, 0.5) is 22.0 Å². The van der Waals surface area contributed by atoms with E-state index in [-0.39, 0.29) is 17.7 Å². The number of carbonyl (C=O) groups excluding carboxylic acids is 2. The van der Waals surface area contributed by atoms with Crippen molar-refractivity contribution in [1.82, 2.24) is 10.3 Å². The van der Waals surface area contributed by atoms with E-state index < -0.39 is 6.03 Å². The highest BCUT2D eigenvalue weighted by atomic mass is 16.5. The van der Waals surface area contributed by atoms with Gasteiger partial charge in [-0.15, -0.1) is 0 Å². The Hall–Kier alpha value is -4.14. The van der Waals surface area contributed by atoms with Crippen LogP contribution in [0.5, 0.6) is 0 Å². The molecule has 3 N–H and O–H groups in total. The number of para-hydroxylation sites is 1. The summed E-state index contributed by atoms with van der Waals surface area (Å²) in [6.45, 7) is 5.97. The van der Waals surface area contributed by atoms with Crippen molar-refractivity contribution in [3.63, 3.8) is 0 Å². The van der Waals surface area contributed by atoms with Gasteiger partial charge in [0.1, 0.15) is 11.5 Å². The van der Waals surface area contributed by atoms with Crippen molar-refractivity contribution in [2.75, 3.05) is 16.0 Å². The van der Waals surface area contributed by atoms with Crippen LogP contribution in [0.1, 0.15) is 32.2 Å². The molecule has 0 aliphatic rings. The Morgan fingerprint density at radius 1 is 0.875 bits per heavy atom. The lowest BCUT2D eigenvalue weighted by Gasteiger charge is -2.12. The van der Waals surface area contributed by atoms with E-state index in [1.54, 1.807) is 36.4 Å². The minimum atomic E-state index is -0.451. The summed E-state index contributed by atoms with van der Waals surface area (Å²) < 4.78 is 10.5. The van der Waals surface area contributed by atoms with Crippen LogP contribution in [0.3, 0.4) is 0 Å². The number of anilines is 3. The summed E-state index contributed by atoms with van der Waals surface area (Å²) in [6.07, 6.45) is 0.0909. The molecule has 0 aliphatic carbocycles. The third-order valence-electron chi connectivity index (χ3n) is 4.70. The van der Waals surface area contributed by atoms with Gasteiger partial charge in [-0.05, 0) is 36.4 Å². The van der Waals surface area contributed by atoms with Gasteiger partial charge in [0.15, 0.2) is 11.4 Å². The summed E-state index contributed by atoms with van der Waals surface area (Å²) >= 11 is 0. The van der Waals surface area contributed by atoms with Gasteiger partial charge in [0.25, 0.3) is 0 Å². The highest BCUT2D eigenvalue weighted by Gasteiger charge is 2.20. The second-order valence-corrected chi connectivity index (χ2v) is 8.33. The van der Waals surface area contributed by atoms with Crippen LogP contribution < -0.4 is 16.0 Å². The van der Waals surface area contributed by atoms with Crippen LogP contribution in [0.2, 0.25) is 0 Å². The molecular weight excluding hydrogens is 410 g/mol. The van der Waals surface area contributed by atoms with Crippen LogP contribution in [0, 0.1) is 0 Å². The Kier molecular flexibility index (Phi) is 5.63. The van der Waals surface area contributed by atoms with Crippen molar-refractivity contribution in [3.8, 4) is 0 Å². The molecule has 4 rings (SSSR count). The molecule has 0 fully saturated rings. The number of fused-ring (bicyclic) bond motifs is 1. The molecule has 2 heterocycles. The van der Waals surface area contributed by atoms with Crippen LogP contribution in [0.25, 0.3) is 11.0 Å². The third kappa shape index (κ3) is 4.94. The maximum absolute atomic E-state index is 12.4. The predicted molar refractivity (Wildman–Crippen MR) is 121 cm³/mol. The zero-order valence-corrected chi connectivity index (χ0v) is 17.9. The highest BCUT2D eigenvalue weighted by molar-refractivity contribution is 5.99. The van der Waals surface area contributed by atoms with Gasteiger partial charge in [0, 0.05) is 28.2 Å². The van der Waals surface area contributed by atoms with Crippen molar-refractivity contribution >= 4 is 40.1 Å².